The molecule has 0 aromatic rings. The van der Waals surface area contributed by atoms with Gasteiger partial charge in [-0.15, -0.1) is 0 Å². The second-order valence-corrected chi connectivity index (χ2v) is 4.88. The normalized spacial score (nSPS) is 17.1. The molecule has 7 heteroatoms. The van der Waals surface area contributed by atoms with Crippen LogP contribution in [0.25, 0.3) is 0 Å². The number of rotatable bonds is 6. The summed E-state index contributed by atoms with van der Waals surface area (Å²) >= 11 is 0. The second-order valence-electron chi connectivity index (χ2n) is 4.88. The van der Waals surface area contributed by atoms with Crippen LogP contribution in [0.1, 0.15) is 45.4 Å². The third-order valence-corrected chi connectivity index (χ3v) is 3.39. The van der Waals surface area contributed by atoms with E-state index in [1.54, 1.807) is 6.92 Å². The Balaban J connectivity index is 2.39. The molecule has 1 saturated carbocycles. The molecular weight excluding hydrogens is 264 g/mol. The zero-order valence-electron chi connectivity index (χ0n) is 11.7. The lowest BCUT2D eigenvalue weighted by molar-refractivity contribution is -0.146. The highest BCUT2D eigenvalue weighted by atomic mass is 16.5. The molecule has 0 radical (unpaired) electrons. The van der Waals surface area contributed by atoms with Crippen LogP contribution in [0.4, 0.5) is 4.79 Å². The molecule has 0 heterocycles. The molecule has 0 aliphatic heterocycles. The van der Waals surface area contributed by atoms with Crippen LogP contribution in [0.15, 0.2) is 0 Å². The number of urea groups is 1. The number of carbonyl (C=O) groups excluding carboxylic acids is 2. The van der Waals surface area contributed by atoms with Crippen molar-refractivity contribution in [3.05, 3.63) is 0 Å². The van der Waals surface area contributed by atoms with Crippen molar-refractivity contribution in [2.45, 2.75) is 51.0 Å². The van der Waals surface area contributed by atoms with Gasteiger partial charge in [0.2, 0.25) is 0 Å². The lowest BCUT2D eigenvalue weighted by Crippen LogP contribution is -2.58. The van der Waals surface area contributed by atoms with Crippen molar-refractivity contribution in [2.75, 3.05) is 13.2 Å². The first kappa shape index (κ1) is 16.3. The molecule has 3 N–H and O–H groups in total. The monoisotopic (exact) mass is 286 g/mol. The maximum absolute atomic E-state index is 11.7. The van der Waals surface area contributed by atoms with E-state index in [1.165, 1.54) is 0 Å². The van der Waals surface area contributed by atoms with E-state index in [0.717, 1.165) is 19.3 Å². The van der Waals surface area contributed by atoms with Gasteiger partial charge < -0.3 is 20.5 Å². The van der Waals surface area contributed by atoms with Crippen LogP contribution in [0, 0.1) is 0 Å². The summed E-state index contributed by atoms with van der Waals surface area (Å²) in [6.45, 7) is 2.13. The summed E-state index contributed by atoms with van der Waals surface area (Å²) in [6, 6.07) is -0.557. The smallest absolute Gasteiger partial charge is 0.329 e. The number of aliphatic carboxylic acids is 1. The number of amides is 2. The number of carboxylic acids is 1. The fourth-order valence-electron chi connectivity index (χ4n) is 2.32. The fourth-order valence-corrected chi connectivity index (χ4v) is 2.32. The Bertz CT molecular complexity index is 364. The van der Waals surface area contributed by atoms with Crippen LogP contribution in [0.2, 0.25) is 0 Å². The Hall–Kier alpha value is -1.79. The Labute approximate surface area is 118 Å². The Morgan fingerprint density at radius 3 is 2.40 bits per heavy atom. The number of esters is 1. The molecule has 0 saturated heterocycles. The van der Waals surface area contributed by atoms with Gasteiger partial charge in [-0.3, -0.25) is 4.79 Å². The van der Waals surface area contributed by atoms with Gasteiger partial charge in [-0.2, -0.15) is 0 Å². The second kappa shape index (κ2) is 7.72. The highest BCUT2D eigenvalue weighted by Gasteiger charge is 2.40. The Kier molecular flexibility index (Phi) is 6.27. The highest BCUT2D eigenvalue weighted by molar-refractivity contribution is 5.86. The van der Waals surface area contributed by atoms with E-state index < -0.39 is 23.5 Å². The van der Waals surface area contributed by atoms with E-state index in [2.05, 4.69) is 10.6 Å². The summed E-state index contributed by atoms with van der Waals surface area (Å²) in [5.74, 6) is -1.39. The minimum atomic E-state index is -1.17. The predicted molar refractivity (Wildman–Crippen MR) is 71.2 cm³/mol. The van der Waals surface area contributed by atoms with Gasteiger partial charge in [-0.25, -0.2) is 9.59 Å². The zero-order chi connectivity index (χ0) is 15.0. The lowest BCUT2D eigenvalue weighted by Gasteiger charge is -2.33. The minimum absolute atomic E-state index is 0.0708. The van der Waals surface area contributed by atoms with Crippen LogP contribution in [0.3, 0.4) is 0 Å². The van der Waals surface area contributed by atoms with Crippen molar-refractivity contribution in [1.82, 2.24) is 10.6 Å². The fraction of sp³-hybridized carbons (Fsp3) is 0.769. The van der Waals surface area contributed by atoms with Crippen molar-refractivity contribution in [3.63, 3.8) is 0 Å². The molecule has 0 aromatic heterocycles. The minimum Gasteiger partial charge on any atom is -0.480 e. The number of carboxylic acid groups (broad SMARTS) is 1. The van der Waals surface area contributed by atoms with Gasteiger partial charge in [0.1, 0.15) is 5.54 Å². The van der Waals surface area contributed by atoms with Crippen LogP contribution >= 0.6 is 0 Å². The number of nitrogens with one attached hydrogen (secondary N) is 2. The van der Waals surface area contributed by atoms with Crippen LogP contribution in [-0.2, 0) is 14.3 Å². The molecule has 0 aromatic carbocycles. The Morgan fingerprint density at radius 2 is 1.85 bits per heavy atom. The molecule has 2 amide bonds. The predicted octanol–water partition coefficient (Wildman–Crippen LogP) is 1.03. The summed E-state index contributed by atoms with van der Waals surface area (Å²) in [7, 11) is 0. The van der Waals surface area contributed by atoms with Gasteiger partial charge in [0.25, 0.3) is 0 Å². The average Bonchev–Trinajstić information content (AvgIpc) is 2.39. The molecule has 0 atom stereocenters. The summed E-state index contributed by atoms with van der Waals surface area (Å²) < 4.78 is 4.73. The lowest BCUT2D eigenvalue weighted by atomic mass is 9.82. The highest BCUT2D eigenvalue weighted by Crippen LogP contribution is 2.28. The molecule has 20 heavy (non-hydrogen) atoms. The number of hydrogen-bond donors (Lipinski definition) is 3. The summed E-state index contributed by atoms with van der Waals surface area (Å²) in [5.41, 5.74) is -1.17. The van der Waals surface area contributed by atoms with Gasteiger partial charge in [0, 0.05) is 6.54 Å². The van der Waals surface area contributed by atoms with Crippen molar-refractivity contribution >= 4 is 18.0 Å². The SMILES string of the molecule is CCOC(=O)CCNC(=O)NC1(C(=O)O)CCCCC1. The van der Waals surface area contributed by atoms with E-state index in [0.29, 0.717) is 19.4 Å². The zero-order valence-corrected chi connectivity index (χ0v) is 11.7. The molecule has 1 aliphatic carbocycles. The summed E-state index contributed by atoms with van der Waals surface area (Å²) in [6.07, 6.45) is 3.51. The summed E-state index contributed by atoms with van der Waals surface area (Å²) in [5, 5.41) is 14.3. The third-order valence-electron chi connectivity index (χ3n) is 3.39. The number of carbonyl (C=O) groups is 3. The van der Waals surface area contributed by atoms with Crippen LogP contribution in [-0.4, -0.2) is 41.8 Å². The van der Waals surface area contributed by atoms with Crippen molar-refractivity contribution in [3.8, 4) is 0 Å². The van der Waals surface area contributed by atoms with E-state index >= 15 is 0 Å². The van der Waals surface area contributed by atoms with Crippen LogP contribution < -0.4 is 10.6 Å². The molecule has 1 fully saturated rings. The van der Waals surface area contributed by atoms with E-state index in [1.807, 2.05) is 0 Å². The molecule has 7 nitrogen and oxygen atoms in total. The average molecular weight is 286 g/mol. The maximum atomic E-state index is 11.7. The van der Waals surface area contributed by atoms with E-state index in [4.69, 9.17) is 4.74 Å². The van der Waals surface area contributed by atoms with E-state index in [-0.39, 0.29) is 13.0 Å². The molecular formula is C13H22N2O5. The number of hydrogen-bond acceptors (Lipinski definition) is 4. The first-order valence-corrected chi connectivity index (χ1v) is 6.95. The van der Waals surface area contributed by atoms with Gasteiger partial charge in [0.05, 0.1) is 13.0 Å². The molecule has 0 bridgehead atoms. The first-order valence-electron chi connectivity index (χ1n) is 6.95. The molecule has 1 aliphatic rings. The third kappa shape index (κ3) is 4.71. The van der Waals surface area contributed by atoms with Crippen molar-refractivity contribution < 1.29 is 24.2 Å². The molecule has 114 valence electrons. The number of ether oxygens (including phenoxy) is 1. The summed E-state index contributed by atoms with van der Waals surface area (Å²) in [4.78, 5) is 34.2. The standard InChI is InChI=1S/C13H22N2O5/c1-2-20-10(16)6-9-14-12(19)15-13(11(17)18)7-4-3-5-8-13/h2-9H2,1H3,(H,17,18)(H2,14,15,19). The molecule has 0 unspecified atom stereocenters. The van der Waals surface area contributed by atoms with Crippen molar-refractivity contribution in [1.29, 1.82) is 0 Å². The quantitative estimate of drug-likeness (QED) is 0.632. The van der Waals surface area contributed by atoms with E-state index in [9.17, 15) is 19.5 Å². The van der Waals surface area contributed by atoms with Gasteiger partial charge in [0.15, 0.2) is 0 Å². The van der Waals surface area contributed by atoms with Crippen LogP contribution in [0.5, 0.6) is 0 Å². The largest absolute Gasteiger partial charge is 0.480 e. The Morgan fingerprint density at radius 1 is 1.20 bits per heavy atom. The maximum Gasteiger partial charge on any atom is 0.329 e. The van der Waals surface area contributed by atoms with Gasteiger partial charge in [-0.1, -0.05) is 19.3 Å². The molecule has 0 spiro atoms. The first-order chi connectivity index (χ1) is 9.50. The van der Waals surface area contributed by atoms with Gasteiger partial charge in [-0.05, 0) is 19.8 Å². The van der Waals surface area contributed by atoms with Gasteiger partial charge >= 0.3 is 18.0 Å². The van der Waals surface area contributed by atoms with Crippen molar-refractivity contribution in [2.24, 2.45) is 0 Å². The topological polar surface area (TPSA) is 105 Å². The molecule has 1 rings (SSSR count).